The summed E-state index contributed by atoms with van der Waals surface area (Å²) in [5, 5.41) is 2.73. The second kappa shape index (κ2) is 7.13. The lowest BCUT2D eigenvalue weighted by atomic mass is 10.1. The maximum Gasteiger partial charge on any atom is 0.338 e. The first-order valence-corrected chi connectivity index (χ1v) is 9.62. The molecule has 0 spiro atoms. The van der Waals surface area contributed by atoms with Crippen LogP contribution in [0.25, 0.3) is 0 Å². The third-order valence-corrected chi connectivity index (χ3v) is 4.99. The number of amides is 1. The zero-order valence-electron chi connectivity index (χ0n) is 14.8. The van der Waals surface area contributed by atoms with E-state index in [0.717, 1.165) is 12.8 Å². The summed E-state index contributed by atoms with van der Waals surface area (Å²) in [7, 11) is -3.56. The molecule has 0 saturated heterocycles. The van der Waals surface area contributed by atoms with Crippen molar-refractivity contribution in [3.63, 3.8) is 0 Å². The number of hydrogen-bond acceptors (Lipinski definition) is 5. The smallest absolute Gasteiger partial charge is 0.338 e. The predicted octanol–water partition coefficient (Wildman–Crippen LogP) is 1.59. The molecule has 7 nitrogen and oxygen atoms in total. The van der Waals surface area contributed by atoms with Gasteiger partial charge in [0.15, 0.2) is 6.10 Å². The molecule has 1 aromatic rings. The normalized spacial score (nSPS) is 16.2. The van der Waals surface area contributed by atoms with E-state index in [9.17, 15) is 18.0 Å². The van der Waals surface area contributed by atoms with Crippen LogP contribution in [0.1, 0.15) is 50.9 Å². The van der Waals surface area contributed by atoms with Gasteiger partial charge in [0.25, 0.3) is 5.91 Å². The molecular formula is C17H24N2O5S. The van der Waals surface area contributed by atoms with E-state index in [1.165, 1.54) is 31.2 Å². The Balaban J connectivity index is 1.99. The summed E-state index contributed by atoms with van der Waals surface area (Å²) < 4.78 is 31.9. The summed E-state index contributed by atoms with van der Waals surface area (Å²) in [5.74, 6) is -1.08. The highest BCUT2D eigenvalue weighted by Gasteiger charge is 2.28. The number of rotatable bonds is 6. The lowest BCUT2D eigenvalue weighted by Crippen LogP contribution is -2.46. The second-order valence-corrected chi connectivity index (χ2v) is 8.92. The minimum Gasteiger partial charge on any atom is -0.449 e. The molecule has 0 aliphatic heterocycles. The quantitative estimate of drug-likeness (QED) is 0.743. The fraction of sp³-hybridized carbons (Fsp3) is 0.529. The minimum absolute atomic E-state index is 0.0109. The number of hydrogen-bond donors (Lipinski definition) is 2. The summed E-state index contributed by atoms with van der Waals surface area (Å²) in [4.78, 5) is 24.1. The zero-order chi connectivity index (χ0) is 18.8. The maximum atomic E-state index is 12.1. The van der Waals surface area contributed by atoms with Crippen molar-refractivity contribution in [2.45, 2.75) is 63.1 Å². The molecule has 0 aromatic heterocycles. The topological polar surface area (TPSA) is 102 Å². The lowest BCUT2D eigenvalue weighted by molar-refractivity contribution is -0.130. The van der Waals surface area contributed by atoms with E-state index in [2.05, 4.69) is 10.0 Å². The highest BCUT2D eigenvalue weighted by molar-refractivity contribution is 7.89. The molecular weight excluding hydrogens is 344 g/mol. The van der Waals surface area contributed by atoms with Crippen molar-refractivity contribution >= 4 is 21.9 Å². The Hall–Kier alpha value is -1.93. The van der Waals surface area contributed by atoms with Crippen LogP contribution < -0.4 is 10.0 Å². The highest BCUT2D eigenvalue weighted by Crippen LogP contribution is 2.22. The van der Waals surface area contributed by atoms with Crippen LogP contribution in [-0.2, 0) is 19.6 Å². The van der Waals surface area contributed by atoms with Crippen molar-refractivity contribution in [3.05, 3.63) is 29.8 Å². The van der Waals surface area contributed by atoms with Crippen LogP contribution in [0.15, 0.2) is 29.2 Å². The average molecular weight is 368 g/mol. The summed E-state index contributed by atoms with van der Waals surface area (Å²) in [6.07, 6.45) is 0.739. The van der Waals surface area contributed by atoms with Crippen LogP contribution in [0.4, 0.5) is 0 Å². The van der Waals surface area contributed by atoms with Crippen molar-refractivity contribution in [1.29, 1.82) is 0 Å². The van der Waals surface area contributed by atoms with E-state index in [0.29, 0.717) is 0 Å². The molecule has 2 N–H and O–H groups in total. The number of esters is 1. The van der Waals surface area contributed by atoms with Gasteiger partial charge in [0, 0.05) is 11.6 Å². The molecule has 1 saturated carbocycles. The molecule has 138 valence electrons. The van der Waals surface area contributed by atoms with Crippen molar-refractivity contribution in [1.82, 2.24) is 10.0 Å². The van der Waals surface area contributed by atoms with Crippen LogP contribution in [0.2, 0.25) is 0 Å². The number of benzene rings is 1. The van der Waals surface area contributed by atoms with Gasteiger partial charge in [0.1, 0.15) is 0 Å². The molecule has 0 heterocycles. The van der Waals surface area contributed by atoms with Crippen molar-refractivity contribution < 1.29 is 22.7 Å². The van der Waals surface area contributed by atoms with E-state index >= 15 is 0 Å². The third kappa shape index (κ3) is 5.82. The Morgan fingerprint density at radius 1 is 1.16 bits per heavy atom. The van der Waals surface area contributed by atoms with Crippen LogP contribution in [0.3, 0.4) is 0 Å². The fourth-order valence-electron chi connectivity index (χ4n) is 2.01. The van der Waals surface area contributed by atoms with Crippen LogP contribution >= 0.6 is 0 Å². The van der Waals surface area contributed by atoms with Gasteiger partial charge in [-0.1, -0.05) is 0 Å². The molecule has 2 rings (SSSR count). The van der Waals surface area contributed by atoms with Gasteiger partial charge in [-0.3, -0.25) is 4.79 Å². The second-order valence-electron chi connectivity index (χ2n) is 7.21. The Kier molecular flexibility index (Phi) is 5.53. The number of ether oxygens (including phenoxy) is 1. The van der Waals surface area contributed by atoms with E-state index in [-0.39, 0.29) is 16.5 Å². The molecule has 8 heteroatoms. The monoisotopic (exact) mass is 368 g/mol. The number of carbonyl (C=O) groups excluding carboxylic acids is 2. The first kappa shape index (κ1) is 19.4. The van der Waals surface area contributed by atoms with Crippen LogP contribution in [0.5, 0.6) is 0 Å². The van der Waals surface area contributed by atoms with Crippen LogP contribution in [-0.4, -0.2) is 38.0 Å². The van der Waals surface area contributed by atoms with Gasteiger partial charge in [-0.05, 0) is 64.8 Å². The molecule has 1 amide bonds. The summed E-state index contributed by atoms with van der Waals surface area (Å²) in [6.45, 7) is 6.97. The van der Waals surface area contributed by atoms with Gasteiger partial charge in [0.05, 0.1) is 10.5 Å². The standard InChI is InChI=1S/C17H24N2O5S/c1-11(15(20)18-17(2,3)4)24-16(21)12-5-9-14(10-6-12)25(22,23)19-13-7-8-13/h5-6,9-11,13,19H,7-8H2,1-4H3,(H,18,20). The molecule has 1 atom stereocenters. The van der Waals surface area contributed by atoms with E-state index in [4.69, 9.17) is 4.74 Å². The van der Waals surface area contributed by atoms with Gasteiger partial charge in [-0.25, -0.2) is 17.9 Å². The van der Waals surface area contributed by atoms with Crippen molar-refractivity contribution in [2.24, 2.45) is 0 Å². The molecule has 0 bridgehead atoms. The van der Waals surface area contributed by atoms with E-state index < -0.39 is 33.5 Å². The van der Waals surface area contributed by atoms with E-state index in [1.54, 1.807) is 0 Å². The molecule has 25 heavy (non-hydrogen) atoms. The summed E-state index contributed by atoms with van der Waals surface area (Å²) in [6, 6.07) is 5.45. The zero-order valence-corrected chi connectivity index (χ0v) is 15.6. The first-order valence-electron chi connectivity index (χ1n) is 8.13. The number of sulfonamides is 1. The molecule has 1 unspecified atom stereocenters. The Labute approximate surface area is 148 Å². The van der Waals surface area contributed by atoms with Gasteiger partial charge in [-0.15, -0.1) is 0 Å². The number of carbonyl (C=O) groups is 2. The Morgan fingerprint density at radius 3 is 2.20 bits per heavy atom. The van der Waals surface area contributed by atoms with Crippen molar-refractivity contribution in [2.75, 3.05) is 0 Å². The maximum absolute atomic E-state index is 12.1. The molecule has 1 aliphatic carbocycles. The minimum atomic E-state index is -3.56. The van der Waals surface area contributed by atoms with Gasteiger partial charge in [-0.2, -0.15) is 0 Å². The van der Waals surface area contributed by atoms with Gasteiger partial charge in [0.2, 0.25) is 10.0 Å². The summed E-state index contributed by atoms with van der Waals surface area (Å²) in [5.41, 5.74) is -0.247. The molecule has 1 aromatic carbocycles. The number of nitrogens with one attached hydrogen (secondary N) is 2. The Bertz CT molecular complexity index is 746. The van der Waals surface area contributed by atoms with Gasteiger partial charge < -0.3 is 10.1 Å². The van der Waals surface area contributed by atoms with Gasteiger partial charge >= 0.3 is 5.97 Å². The van der Waals surface area contributed by atoms with Crippen LogP contribution in [0, 0.1) is 0 Å². The fourth-order valence-corrected chi connectivity index (χ4v) is 3.32. The lowest BCUT2D eigenvalue weighted by Gasteiger charge is -2.23. The largest absolute Gasteiger partial charge is 0.449 e. The Morgan fingerprint density at radius 2 is 1.72 bits per heavy atom. The molecule has 0 radical (unpaired) electrons. The summed E-state index contributed by atoms with van der Waals surface area (Å²) >= 11 is 0. The average Bonchev–Trinajstić information content (AvgIpc) is 3.28. The molecule has 1 fully saturated rings. The predicted molar refractivity (Wildman–Crippen MR) is 92.6 cm³/mol. The van der Waals surface area contributed by atoms with Crippen molar-refractivity contribution in [3.8, 4) is 0 Å². The highest BCUT2D eigenvalue weighted by atomic mass is 32.2. The molecule has 1 aliphatic rings. The SMILES string of the molecule is CC(OC(=O)c1ccc(S(=O)(=O)NC2CC2)cc1)C(=O)NC(C)(C)C. The first-order chi connectivity index (χ1) is 11.5. The third-order valence-electron chi connectivity index (χ3n) is 3.45. The van der Waals surface area contributed by atoms with E-state index in [1.807, 2.05) is 20.8 Å².